The van der Waals surface area contributed by atoms with Gasteiger partial charge in [-0.05, 0) is 333 Å². The number of nitrogens with one attached hydrogen (secondary N) is 4. The van der Waals surface area contributed by atoms with Gasteiger partial charge < -0.3 is 70.5 Å². The van der Waals surface area contributed by atoms with Crippen LogP contribution in [0.1, 0.15) is 482 Å². The molecule has 0 saturated heterocycles. The lowest BCUT2D eigenvalue weighted by molar-refractivity contribution is -0.152. The van der Waals surface area contributed by atoms with Crippen molar-refractivity contribution in [1.29, 1.82) is 4.29 Å². The number of rotatable bonds is 53. The molecule has 0 aromatic heterocycles. The first-order valence-electron chi connectivity index (χ1n) is 63.4. The maximum absolute atomic E-state index is 12.8. The van der Waals surface area contributed by atoms with Crippen LogP contribution in [0.2, 0.25) is 0 Å². The topological polar surface area (TPSA) is 366 Å². The zero-order valence-corrected chi connectivity index (χ0v) is 97.5. The van der Waals surface area contributed by atoms with Gasteiger partial charge in [-0.2, -0.15) is 0 Å². The van der Waals surface area contributed by atoms with Crippen LogP contribution >= 0.6 is 0 Å². The van der Waals surface area contributed by atoms with Crippen LogP contribution in [0.3, 0.4) is 0 Å². The van der Waals surface area contributed by atoms with Crippen molar-refractivity contribution >= 4 is 59.4 Å². The van der Waals surface area contributed by atoms with Gasteiger partial charge in [0.1, 0.15) is 31.5 Å². The molecule has 0 radical (unpaired) electrons. The van der Waals surface area contributed by atoms with Gasteiger partial charge in [0.25, 0.3) is 0 Å². The molecule has 24 nitrogen and oxygen atoms in total. The highest BCUT2D eigenvalue weighted by molar-refractivity contribution is 5.81. The molecule has 12 unspecified atom stereocenters. The molecule has 862 valence electrons. The number of amides is 4. The van der Waals surface area contributed by atoms with Gasteiger partial charge in [0.2, 0.25) is 27.9 Å². The summed E-state index contributed by atoms with van der Waals surface area (Å²) in [4.78, 5) is 120. The van der Waals surface area contributed by atoms with E-state index in [0.717, 1.165) is 229 Å². The number of ether oxygens (including phenoxy) is 5. The number of fused-ring (bicyclic) bond motifs is 15. The highest BCUT2D eigenvalue weighted by atomic mass is 16.6. The smallest absolute Gasteiger partial charge is 0.306 e. The standard InChI is InChI=1S/C43H72N2O6.C42H69NO7.C38H65NO4.3CH4O/c1-29(2)13-12-14-30(3)35-19-20-36-34-18-17-32-27-33(23-25-42(32,5)37(34)24-26-43(35,36)6)51-41(49)16-11-9-8-10-15-39(47)45-31(4)28-50-40(48)22-21-38(46)44-7;1-28(2)12-11-13-29(3)34-18-19-35-33-17-16-31-26-32(22-24-41(31,5)36(33)23-25-42(34,35)6)50-40(48)15-10-8-7-9-14-37(44)43-30(4)27-49-39(47)21-20-38(45)46;1-26(2)12-11-13-27(3)32-18-19-33-31-17-16-29-24-30(20-22-37(29,5)34(31)21-23-38(32,33)6)43-36(42)15-10-8-7-9-14-35(41)39-28(4)25-40;3*1-2/h17,29-31,33-37H,8-16,18-28H2,1-7H3,(H,44,46)(H,45,47);16,28-30,32-36H,7-15,17-27H2,1-6H3,(H,43,44)(H,45,46);16,26-28,30-34,40H,7-15,17-25H2,1-6H3,(H,39,41);3*2H,1H3/t30-,31?,33+,34?,35-,36?,37?,42+,43-;29-,30?,32+,33?,34-,35?,36?,41+,42-;27-,28?,30+,31?,32-,33?,34?,37+,38-;;;/m111.../s1/i3*4D;3*2T. The van der Waals surface area contributed by atoms with Gasteiger partial charge in [-0.1, -0.05) is 235 Å². The molecule has 12 rings (SSSR count). The van der Waals surface area contributed by atoms with Gasteiger partial charge in [0.15, 0.2) is 0 Å². The minimum atomic E-state index is -1.08. The van der Waals surface area contributed by atoms with E-state index in [0.29, 0.717) is 67.6 Å². The van der Waals surface area contributed by atoms with Gasteiger partial charge >= 0.3 is 35.8 Å². The van der Waals surface area contributed by atoms with Crippen LogP contribution in [0.5, 0.6) is 0 Å². The predicted octanol–water partition coefficient (Wildman–Crippen LogP) is 25.6. The molecule has 4 amide bonds. The minimum Gasteiger partial charge on any atom is -0.481 e. The maximum atomic E-state index is 12.8. The van der Waals surface area contributed by atoms with Gasteiger partial charge in [-0.15, -0.1) is 0 Å². The zero-order valence-electron chi connectivity index (χ0n) is 103. The number of esters is 5. The van der Waals surface area contributed by atoms with E-state index in [1.165, 1.54) is 182 Å². The lowest BCUT2D eigenvalue weighted by atomic mass is 9.47. The molecule has 0 aromatic rings. The number of unbranched alkanes of at least 4 members (excludes halogenated alkanes) is 9. The largest absolute Gasteiger partial charge is 0.481 e. The summed E-state index contributed by atoms with van der Waals surface area (Å²) < 4.78 is 67.9. The molecular formula is C126H218N4O20. The van der Waals surface area contributed by atoms with Gasteiger partial charge in [-0.25, -0.2) is 0 Å². The van der Waals surface area contributed by atoms with Crippen LogP contribution < -0.4 is 21.3 Å². The molecule has 9 fully saturated rings. The molecule has 27 atom stereocenters. The molecule has 0 spiro atoms. The Morgan fingerprint density at radius 1 is 0.353 bits per heavy atom. The van der Waals surface area contributed by atoms with Crippen molar-refractivity contribution in [3.63, 3.8) is 0 Å². The SMILES string of the molecule is [2H]CC(CO)NC(=O)CCCCCCC(=O)O[C@H]1CC[C@@]2(C)C(=CCC3C2CC[C@@]2(C)C3CC[C@@H]2[C@H](C)CCCC(C)C)C1.[2H]CC(COC(=O)CCC(=O)NC)NC(=O)CCCCCCC(=O)O[C@H]1CC[C@@]2(C)C(=CCC3C2CC[C@@]2(C)C3CC[C@@H]2[C@H](C)CCCC(C)C)C1.[2H]CC(COC(=O)CCC(=O)O)NC(=O)CCCCCCC(=O)O[C@H]1CC[C@@]2(C)C(=CCC3C2CC[C@@]2(C)C3CC[C@@H]2[C@H](C)CCCC(C)C)C1.[3H]OC.[3H]OC.[3H]OC. The number of carbonyl (C=O) groups is 10. The number of carbonyl (C=O) groups excluding carboxylic acids is 9. The molecule has 0 aliphatic heterocycles. The number of carboxylic acids is 1. The van der Waals surface area contributed by atoms with E-state index in [9.17, 15) is 47.9 Å². The second kappa shape index (κ2) is 64.6. The van der Waals surface area contributed by atoms with Gasteiger partial charge in [-0.3, -0.25) is 47.9 Å². The molecule has 0 aromatic carbocycles. The summed E-state index contributed by atoms with van der Waals surface area (Å²) in [5.74, 6) is 11.6. The summed E-state index contributed by atoms with van der Waals surface area (Å²) >= 11 is 0. The number of hydrogen-bond donors (Lipinski definition) is 9. The molecule has 12 aliphatic rings. The first kappa shape index (κ1) is 121. The Labute approximate surface area is 917 Å². The monoisotopic (exact) mass is 2120 g/mol. The zero-order chi connectivity index (χ0) is 115. The Morgan fingerprint density at radius 2 is 0.640 bits per heavy atom. The molecule has 150 heavy (non-hydrogen) atoms. The Morgan fingerprint density at radius 3 is 0.913 bits per heavy atom. The second-order valence-corrected chi connectivity index (χ2v) is 51.1. The van der Waals surface area contributed by atoms with Crippen molar-refractivity contribution in [3.8, 4) is 0 Å². The van der Waals surface area contributed by atoms with Crippen molar-refractivity contribution in [3.05, 3.63) is 34.9 Å². The molecule has 12 aliphatic carbocycles. The quantitative estimate of drug-likeness (QED) is 0.0118. The van der Waals surface area contributed by atoms with Crippen molar-refractivity contribution in [2.24, 2.45) is 139 Å². The molecule has 24 heteroatoms. The minimum absolute atomic E-state index is 0.0106. The van der Waals surface area contributed by atoms with E-state index in [-0.39, 0.29) is 142 Å². The summed E-state index contributed by atoms with van der Waals surface area (Å²) in [6, 6.07) is -1.68. The molecular weight excluding hydrogens is 1890 g/mol. The Hall–Kier alpha value is -6.24. The summed E-state index contributed by atoms with van der Waals surface area (Å²) in [6.45, 7) is 36.7. The van der Waals surface area contributed by atoms with E-state index in [1.807, 2.05) is 0 Å². The number of carboxylic acid groups (broad SMARTS) is 1. The average molecular weight is 2120 g/mol. The van der Waals surface area contributed by atoms with E-state index < -0.39 is 36.0 Å². The number of allylic oxidation sites excluding steroid dienone is 3. The summed E-state index contributed by atoms with van der Waals surface area (Å²) in [6.07, 6.45) is 60.8. The van der Waals surface area contributed by atoms with Crippen molar-refractivity contribution < 1.29 is 101 Å². The third kappa shape index (κ3) is 37.8. The Bertz CT molecular complexity index is 4340. The predicted molar refractivity (Wildman–Crippen MR) is 598 cm³/mol. The molecule has 0 heterocycles. The maximum Gasteiger partial charge on any atom is 0.306 e. The number of hydrogen-bond acceptors (Lipinski definition) is 19. The second-order valence-electron chi connectivity index (χ2n) is 51.1. The summed E-state index contributed by atoms with van der Waals surface area (Å²) in [5, 5.41) is 38.9. The number of aliphatic hydroxyl groups is 4. The normalized spacial score (nSPS) is 31.6. The van der Waals surface area contributed by atoms with Crippen LogP contribution in [0, 0.1) is 139 Å². The third-order valence-corrected chi connectivity index (χ3v) is 39.9. The lowest BCUT2D eigenvalue weighted by Crippen LogP contribution is -2.51. The van der Waals surface area contributed by atoms with Crippen LogP contribution in [0.4, 0.5) is 0 Å². The van der Waals surface area contributed by atoms with Gasteiger partial charge in [0.05, 0.1) is 38.0 Å². The number of aliphatic hydroxyl groups excluding tert-OH is 4. The van der Waals surface area contributed by atoms with E-state index in [2.05, 4.69) is 159 Å². The third-order valence-electron chi connectivity index (χ3n) is 39.9. The van der Waals surface area contributed by atoms with E-state index in [4.69, 9.17) is 42.3 Å². The fourth-order valence-corrected chi connectivity index (χ4v) is 31.8. The van der Waals surface area contributed by atoms with Crippen LogP contribution in [0.15, 0.2) is 34.9 Å². The van der Waals surface area contributed by atoms with Crippen LogP contribution in [-0.2, 0) is 71.6 Å². The van der Waals surface area contributed by atoms with Crippen molar-refractivity contribution in [1.82, 2.24) is 21.3 Å². The van der Waals surface area contributed by atoms with E-state index in [1.54, 1.807) is 16.7 Å². The Balaban J connectivity index is 0.000000304. The van der Waals surface area contributed by atoms with E-state index >= 15 is 0 Å². The van der Waals surface area contributed by atoms with Crippen LogP contribution in [-0.4, -0.2) is 174 Å². The number of aliphatic carboxylic acids is 1. The fraction of sp³-hybridized carbons (Fsp3) is 0.873. The lowest BCUT2D eigenvalue weighted by Gasteiger charge is -2.58. The van der Waals surface area contributed by atoms with Crippen molar-refractivity contribution in [2.75, 3.05) is 48.2 Å². The first-order valence-corrected chi connectivity index (χ1v) is 60.1. The highest BCUT2D eigenvalue weighted by Crippen LogP contribution is 2.72. The Kier molecular flexibility index (Phi) is 52.0. The van der Waals surface area contributed by atoms with Gasteiger partial charge in [0, 0.05) is 103 Å². The van der Waals surface area contributed by atoms with Crippen LogP contribution in [0.25, 0.3) is 0 Å². The first-order chi connectivity index (χ1) is 74.3. The summed E-state index contributed by atoms with van der Waals surface area (Å²) in [5.41, 5.74) is 6.97. The molecule has 9 saturated carbocycles. The summed E-state index contributed by atoms with van der Waals surface area (Å²) in [7, 11) is 5.38. The molecule has 9 N–H and O–H groups in total. The molecule has 0 bridgehead atoms. The highest BCUT2D eigenvalue weighted by Gasteiger charge is 2.63. The average Bonchev–Trinajstić information content (AvgIpc) is 1.56. The van der Waals surface area contributed by atoms with Crippen molar-refractivity contribution in [2.45, 2.75) is 514 Å². The fourth-order valence-electron chi connectivity index (χ4n) is 31.8.